The van der Waals surface area contributed by atoms with Gasteiger partial charge in [-0.1, -0.05) is 96.8 Å². The summed E-state index contributed by atoms with van der Waals surface area (Å²) >= 11 is 0. The van der Waals surface area contributed by atoms with E-state index < -0.39 is 32.5 Å². The van der Waals surface area contributed by atoms with Gasteiger partial charge in [0.25, 0.3) is 0 Å². The Labute approximate surface area is 292 Å². The Morgan fingerprint density at radius 1 is 0.683 bits per heavy atom. The fraction of sp³-hybridized carbons (Fsp3) is 0.893. The van der Waals surface area contributed by atoms with Crippen molar-refractivity contribution in [2.45, 2.75) is 142 Å². The van der Waals surface area contributed by atoms with Gasteiger partial charge in [-0.05, 0) is 19.3 Å². The number of unbranched alkanes of at least 4 members (excludes halogenated alkanes) is 15. The number of carbonyl (C=O) groups excluding carboxylic acids is 3. The van der Waals surface area contributed by atoms with Crippen molar-refractivity contribution in [1.29, 1.82) is 0 Å². The molecule has 1 atom stereocenters. The number of carbonyl (C=O) groups is 3. The zero-order valence-corrected chi connectivity index (χ0v) is 31.1. The van der Waals surface area contributed by atoms with Crippen LogP contribution in [0.15, 0.2) is 0 Å². The summed E-state index contributed by atoms with van der Waals surface area (Å²) in [4.78, 5) is 56.7. The number of ether oxygens (including phenoxy) is 2. The van der Waals surface area contributed by atoms with E-state index in [4.69, 9.17) is 9.47 Å². The van der Waals surface area contributed by atoms with E-state index in [1.807, 2.05) is 0 Å². The van der Waals surface area contributed by atoms with E-state index in [-0.39, 0.29) is 84.5 Å². The number of nitrogens with one attached hydrogen (secondary N) is 1. The van der Waals surface area contributed by atoms with Gasteiger partial charge in [-0.15, -0.1) is 0 Å². The molecule has 10 nitrogen and oxygen atoms in total. The molecule has 230 valence electrons. The molecular formula is C28H52NNa2O9P. The molecule has 0 saturated carbocycles. The van der Waals surface area contributed by atoms with Crippen LogP contribution in [0.3, 0.4) is 0 Å². The predicted octanol–water partition coefficient (Wildman–Crippen LogP) is -1.14. The smallest absolute Gasteiger partial charge is 0.790 e. The minimum Gasteiger partial charge on any atom is -0.790 e. The molecule has 0 aliphatic rings. The molecule has 41 heavy (non-hydrogen) atoms. The summed E-state index contributed by atoms with van der Waals surface area (Å²) in [5, 5.41) is 2.78. The second kappa shape index (κ2) is 31.9. The summed E-state index contributed by atoms with van der Waals surface area (Å²) in [6.07, 6.45) is 17.1. The van der Waals surface area contributed by atoms with E-state index in [9.17, 15) is 28.7 Å². The molecule has 0 spiro atoms. The average Bonchev–Trinajstić information content (AvgIpc) is 2.87. The number of amides is 1. The van der Waals surface area contributed by atoms with Gasteiger partial charge in [-0.25, -0.2) is 0 Å². The average molecular weight is 624 g/mol. The Balaban J connectivity index is -0.00000722. The maximum atomic E-state index is 12.2. The van der Waals surface area contributed by atoms with Crippen LogP contribution in [-0.4, -0.2) is 43.7 Å². The summed E-state index contributed by atoms with van der Waals surface area (Å²) in [5.74, 6) is -1.01. The van der Waals surface area contributed by atoms with Crippen molar-refractivity contribution in [2.75, 3.05) is 19.8 Å². The SMILES string of the molecule is CCCCCCCCCCCC(=O)O[C@H](COC(=O)CCCCCCCCCCNC(C)=O)COP(=O)([O-])[O-].[Na+].[Na+]. The third-order valence-electron chi connectivity index (χ3n) is 6.31. The molecular weight excluding hydrogens is 571 g/mol. The van der Waals surface area contributed by atoms with Crippen molar-refractivity contribution >= 4 is 25.7 Å². The van der Waals surface area contributed by atoms with Crippen molar-refractivity contribution < 1.29 is 102 Å². The summed E-state index contributed by atoms with van der Waals surface area (Å²) in [5.41, 5.74) is 0. The Kier molecular flexibility index (Phi) is 35.8. The molecule has 0 aromatic carbocycles. The van der Waals surface area contributed by atoms with Crippen molar-refractivity contribution in [3.63, 3.8) is 0 Å². The van der Waals surface area contributed by atoms with Gasteiger partial charge in [-0.3, -0.25) is 14.4 Å². The standard InChI is InChI=1S/C28H54NO9P.2Na/c1-3-4-5-6-7-8-12-15-18-21-28(32)38-26(24-37-39(33,34)35)23-36-27(31)20-17-14-11-9-10-13-16-19-22-29-25(2)30;;/h26H,3-24H2,1-2H3,(H,29,30)(H2,33,34,35);;/q;2*+1/p-2/t26-;;/m1../s1. The minimum atomic E-state index is -5.25. The van der Waals surface area contributed by atoms with E-state index in [1.165, 1.54) is 39.0 Å². The van der Waals surface area contributed by atoms with Gasteiger partial charge in [-0.2, -0.15) is 0 Å². The zero-order valence-electron chi connectivity index (χ0n) is 26.3. The molecule has 0 rings (SSSR count). The Morgan fingerprint density at radius 2 is 1.12 bits per heavy atom. The third-order valence-corrected chi connectivity index (χ3v) is 6.78. The first kappa shape index (κ1) is 45.9. The summed E-state index contributed by atoms with van der Waals surface area (Å²) in [6.45, 7) is 3.38. The van der Waals surface area contributed by atoms with Gasteiger partial charge in [0, 0.05) is 26.3 Å². The van der Waals surface area contributed by atoms with Crippen LogP contribution in [-0.2, 0) is 32.9 Å². The minimum absolute atomic E-state index is 0. The molecule has 13 heteroatoms. The van der Waals surface area contributed by atoms with Gasteiger partial charge in [0.05, 0.1) is 14.4 Å². The van der Waals surface area contributed by atoms with E-state index in [1.54, 1.807) is 0 Å². The zero-order chi connectivity index (χ0) is 29.2. The number of hydrogen-bond acceptors (Lipinski definition) is 9. The summed E-state index contributed by atoms with van der Waals surface area (Å²) in [7, 11) is -5.25. The van der Waals surface area contributed by atoms with Crippen LogP contribution in [0.25, 0.3) is 0 Å². The second-order valence-electron chi connectivity index (χ2n) is 10.2. The van der Waals surface area contributed by atoms with Gasteiger partial charge in [0.15, 0.2) is 6.10 Å². The van der Waals surface area contributed by atoms with Crippen LogP contribution in [0.5, 0.6) is 0 Å². The molecule has 1 amide bonds. The molecule has 0 aliphatic carbocycles. The third kappa shape index (κ3) is 36.6. The molecule has 0 radical (unpaired) electrons. The Bertz CT molecular complexity index is 695. The van der Waals surface area contributed by atoms with Crippen molar-refractivity contribution in [1.82, 2.24) is 5.32 Å². The fourth-order valence-corrected chi connectivity index (χ4v) is 4.44. The molecule has 0 aromatic rings. The van der Waals surface area contributed by atoms with Crippen LogP contribution >= 0.6 is 7.82 Å². The number of rotatable bonds is 27. The predicted molar refractivity (Wildman–Crippen MR) is 146 cm³/mol. The van der Waals surface area contributed by atoms with Gasteiger partial charge >= 0.3 is 71.1 Å². The van der Waals surface area contributed by atoms with Crippen molar-refractivity contribution in [3.05, 3.63) is 0 Å². The molecule has 0 fully saturated rings. The molecule has 0 aliphatic heterocycles. The monoisotopic (exact) mass is 623 g/mol. The summed E-state index contributed by atoms with van der Waals surface area (Å²) < 4.78 is 25.5. The van der Waals surface area contributed by atoms with Gasteiger partial charge < -0.3 is 33.7 Å². The number of esters is 2. The number of phosphoric acid groups is 1. The Hall–Kier alpha value is 0.520. The van der Waals surface area contributed by atoms with Crippen LogP contribution in [0.4, 0.5) is 0 Å². The fourth-order valence-electron chi connectivity index (χ4n) is 4.09. The van der Waals surface area contributed by atoms with Gasteiger partial charge in [0.1, 0.15) is 6.61 Å². The number of phosphoric ester groups is 1. The van der Waals surface area contributed by atoms with E-state index in [0.717, 1.165) is 70.8 Å². The Morgan fingerprint density at radius 3 is 1.59 bits per heavy atom. The van der Waals surface area contributed by atoms with E-state index in [0.29, 0.717) is 12.8 Å². The largest absolute Gasteiger partial charge is 1.00 e. The molecule has 1 N–H and O–H groups in total. The quantitative estimate of drug-likeness (QED) is 0.0518. The molecule has 0 heterocycles. The molecule has 0 bridgehead atoms. The van der Waals surface area contributed by atoms with Crippen LogP contribution in [0, 0.1) is 0 Å². The van der Waals surface area contributed by atoms with E-state index >= 15 is 0 Å². The topological polar surface area (TPSA) is 154 Å². The van der Waals surface area contributed by atoms with Crippen molar-refractivity contribution in [2.24, 2.45) is 0 Å². The summed E-state index contributed by atoms with van der Waals surface area (Å²) in [6, 6.07) is 0. The second-order valence-corrected chi connectivity index (χ2v) is 11.3. The molecule has 0 aromatic heterocycles. The molecule has 0 unspecified atom stereocenters. The normalized spacial score (nSPS) is 11.6. The maximum absolute atomic E-state index is 12.2. The van der Waals surface area contributed by atoms with Gasteiger partial charge in [0.2, 0.25) is 5.91 Å². The number of hydrogen-bond donors (Lipinski definition) is 1. The van der Waals surface area contributed by atoms with Crippen LogP contribution in [0.2, 0.25) is 0 Å². The first-order valence-electron chi connectivity index (χ1n) is 14.9. The van der Waals surface area contributed by atoms with Crippen LogP contribution < -0.4 is 74.2 Å². The van der Waals surface area contributed by atoms with Crippen molar-refractivity contribution in [3.8, 4) is 0 Å². The van der Waals surface area contributed by atoms with E-state index in [2.05, 4.69) is 16.8 Å². The molecule has 0 saturated heterocycles. The first-order valence-corrected chi connectivity index (χ1v) is 16.4. The van der Waals surface area contributed by atoms with Crippen LogP contribution in [0.1, 0.15) is 136 Å². The first-order chi connectivity index (χ1) is 18.6. The maximum Gasteiger partial charge on any atom is 1.00 e.